The van der Waals surface area contributed by atoms with Gasteiger partial charge in [0.05, 0.1) is 4.92 Å². The molecule has 2 aromatic rings. The van der Waals surface area contributed by atoms with E-state index in [0.717, 1.165) is 18.2 Å². The third-order valence-corrected chi connectivity index (χ3v) is 2.71. The minimum atomic E-state index is -0.668. The summed E-state index contributed by atoms with van der Waals surface area (Å²) >= 11 is 0. The van der Waals surface area contributed by atoms with Gasteiger partial charge in [-0.2, -0.15) is 4.98 Å². The van der Waals surface area contributed by atoms with Crippen molar-refractivity contribution in [3.05, 3.63) is 51.2 Å². The molecule has 110 valence electrons. The van der Waals surface area contributed by atoms with Crippen molar-refractivity contribution in [3.63, 3.8) is 0 Å². The van der Waals surface area contributed by atoms with Crippen molar-refractivity contribution in [2.75, 3.05) is 11.1 Å². The molecule has 1 heterocycles. The Morgan fingerprint density at radius 2 is 2.10 bits per heavy atom. The molecule has 0 spiro atoms. The van der Waals surface area contributed by atoms with Crippen LogP contribution in [-0.2, 0) is 6.54 Å². The highest BCUT2D eigenvalue weighted by Gasteiger charge is 2.21. The molecule has 0 bridgehead atoms. The quantitative estimate of drug-likeness (QED) is 0.661. The predicted molar refractivity (Wildman–Crippen MR) is 71.5 cm³/mol. The molecule has 9 heteroatoms. The van der Waals surface area contributed by atoms with Crippen molar-refractivity contribution in [3.8, 4) is 0 Å². The molecule has 0 saturated heterocycles. The Morgan fingerprint density at radius 1 is 1.38 bits per heavy atom. The van der Waals surface area contributed by atoms with Gasteiger partial charge < -0.3 is 11.1 Å². The van der Waals surface area contributed by atoms with Crippen LogP contribution in [0, 0.1) is 28.7 Å². The number of benzene rings is 1. The molecule has 0 amide bonds. The Hall–Kier alpha value is -2.84. The van der Waals surface area contributed by atoms with Gasteiger partial charge in [0.15, 0.2) is 0 Å². The maximum atomic E-state index is 13.5. The Kier molecular flexibility index (Phi) is 3.92. The van der Waals surface area contributed by atoms with Crippen LogP contribution in [0.5, 0.6) is 0 Å². The lowest BCUT2D eigenvalue weighted by atomic mass is 10.2. The maximum absolute atomic E-state index is 13.5. The summed E-state index contributed by atoms with van der Waals surface area (Å²) in [5.74, 6) is -1.54. The first-order valence-corrected chi connectivity index (χ1v) is 5.84. The number of anilines is 2. The Morgan fingerprint density at radius 3 is 2.76 bits per heavy atom. The summed E-state index contributed by atoms with van der Waals surface area (Å²) in [6.07, 6.45) is 0. The summed E-state index contributed by atoms with van der Waals surface area (Å²) in [7, 11) is 0. The lowest BCUT2D eigenvalue weighted by Gasteiger charge is -2.09. The molecule has 21 heavy (non-hydrogen) atoms. The summed E-state index contributed by atoms with van der Waals surface area (Å²) in [5.41, 5.74) is 5.16. The summed E-state index contributed by atoms with van der Waals surface area (Å²) in [6.45, 7) is 1.23. The van der Waals surface area contributed by atoms with Crippen LogP contribution >= 0.6 is 0 Å². The first-order valence-electron chi connectivity index (χ1n) is 5.84. The van der Waals surface area contributed by atoms with Crippen LogP contribution < -0.4 is 11.1 Å². The molecule has 0 aliphatic heterocycles. The number of hydrogen-bond donors (Lipinski definition) is 2. The van der Waals surface area contributed by atoms with E-state index in [4.69, 9.17) is 5.73 Å². The number of rotatable bonds is 4. The Bertz CT molecular complexity index is 708. The third kappa shape index (κ3) is 3.19. The standard InChI is InChI=1S/C12H11F2N5O2/c1-6-10(19(20)21)11(18-12(15)17-6)16-5-7-4-8(13)2-3-9(7)14/h2-4H,5H2,1H3,(H3,15,16,17,18). The van der Waals surface area contributed by atoms with Gasteiger partial charge in [-0.1, -0.05) is 0 Å². The van der Waals surface area contributed by atoms with E-state index in [0.29, 0.717) is 0 Å². The number of aryl methyl sites for hydroxylation is 1. The molecule has 0 saturated carbocycles. The number of halogens is 2. The van der Waals surface area contributed by atoms with Crippen LogP contribution in [0.2, 0.25) is 0 Å². The van der Waals surface area contributed by atoms with Crippen molar-refractivity contribution in [1.29, 1.82) is 0 Å². The van der Waals surface area contributed by atoms with E-state index in [1.165, 1.54) is 6.92 Å². The first kappa shape index (κ1) is 14.6. The molecule has 3 N–H and O–H groups in total. The van der Waals surface area contributed by atoms with Crippen LogP contribution in [0.25, 0.3) is 0 Å². The van der Waals surface area contributed by atoms with E-state index < -0.39 is 16.6 Å². The number of nitrogen functional groups attached to an aromatic ring is 1. The topological polar surface area (TPSA) is 107 Å². The molecule has 0 aliphatic rings. The molecule has 0 radical (unpaired) electrons. The fourth-order valence-corrected chi connectivity index (χ4v) is 1.79. The molecule has 0 aliphatic carbocycles. The minimum absolute atomic E-state index is 0.0131. The molecule has 0 atom stereocenters. The number of nitrogens with two attached hydrogens (primary N) is 1. The van der Waals surface area contributed by atoms with Crippen LogP contribution in [0.4, 0.5) is 26.2 Å². The summed E-state index contributed by atoms with van der Waals surface area (Å²) < 4.78 is 26.6. The monoisotopic (exact) mass is 295 g/mol. The highest BCUT2D eigenvalue weighted by Crippen LogP contribution is 2.26. The van der Waals surface area contributed by atoms with E-state index in [1.54, 1.807) is 0 Å². The molecule has 0 fully saturated rings. The van der Waals surface area contributed by atoms with Crippen LogP contribution in [0.1, 0.15) is 11.3 Å². The summed E-state index contributed by atoms with van der Waals surface area (Å²) in [6, 6.07) is 2.94. The second-order valence-electron chi connectivity index (χ2n) is 4.21. The van der Waals surface area contributed by atoms with Gasteiger partial charge in [-0.25, -0.2) is 13.8 Å². The SMILES string of the molecule is Cc1nc(N)nc(NCc2cc(F)ccc2F)c1[N+](=O)[O-]. The third-order valence-electron chi connectivity index (χ3n) is 2.71. The van der Waals surface area contributed by atoms with Crippen molar-refractivity contribution >= 4 is 17.5 Å². The predicted octanol–water partition coefficient (Wildman–Crippen LogP) is 2.17. The molecular formula is C12H11F2N5O2. The zero-order valence-corrected chi connectivity index (χ0v) is 10.9. The van der Waals surface area contributed by atoms with E-state index in [-0.39, 0.29) is 35.3 Å². The second-order valence-corrected chi connectivity index (χ2v) is 4.21. The number of hydrogen-bond acceptors (Lipinski definition) is 6. The molecule has 7 nitrogen and oxygen atoms in total. The maximum Gasteiger partial charge on any atom is 0.332 e. The van der Waals surface area contributed by atoms with Gasteiger partial charge in [-0.3, -0.25) is 10.1 Å². The average molecular weight is 295 g/mol. The summed E-state index contributed by atoms with van der Waals surface area (Å²) in [4.78, 5) is 17.7. The highest BCUT2D eigenvalue weighted by molar-refractivity contribution is 5.60. The van der Waals surface area contributed by atoms with Crippen LogP contribution in [0.3, 0.4) is 0 Å². The Balaban J connectivity index is 2.31. The molecule has 1 aromatic heterocycles. The van der Waals surface area contributed by atoms with Crippen molar-refractivity contribution in [1.82, 2.24) is 9.97 Å². The fourth-order valence-electron chi connectivity index (χ4n) is 1.79. The number of aromatic nitrogens is 2. The Labute approximate surface area is 118 Å². The van der Waals surface area contributed by atoms with Gasteiger partial charge in [-0.15, -0.1) is 0 Å². The normalized spacial score (nSPS) is 10.4. The van der Waals surface area contributed by atoms with Crippen molar-refractivity contribution in [2.24, 2.45) is 0 Å². The largest absolute Gasteiger partial charge is 0.368 e. The lowest BCUT2D eigenvalue weighted by molar-refractivity contribution is -0.385. The van der Waals surface area contributed by atoms with Crippen LogP contribution in [0.15, 0.2) is 18.2 Å². The van der Waals surface area contributed by atoms with Gasteiger partial charge >= 0.3 is 5.69 Å². The zero-order valence-electron chi connectivity index (χ0n) is 10.9. The van der Waals surface area contributed by atoms with Gasteiger partial charge in [0, 0.05) is 12.1 Å². The van der Waals surface area contributed by atoms with E-state index in [1.807, 2.05) is 0 Å². The van der Waals surface area contributed by atoms with Gasteiger partial charge in [0.25, 0.3) is 0 Å². The van der Waals surface area contributed by atoms with E-state index in [9.17, 15) is 18.9 Å². The second kappa shape index (κ2) is 5.65. The smallest absolute Gasteiger partial charge is 0.332 e. The molecule has 1 aromatic carbocycles. The van der Waals surface area contributed by atoms with E-state index in [2.05, 4.69) is 15.3 Å². The minimum Gasteiger partial charge on any atom is -0.368 e. The molecular weight excluding hydrogens is 284 g/mol. The summed E-state index contributed by atoms with van der Waals surface area (Å²) in [5, 5.41) is 13.6. The van der Waals surface area contributed by atoms with Crippen LogP contribution in [-0.4, -0.2) is 14.9 Å². The fraction of sp³-hybridized carbons (Fsp3) is 0.167. The van der Waals surface area contributed by atoms with Gasteiger partial charge in [0.1, 0.15) is 17.3 Å². The average Bonchev–Trinajstić information content (AvgIpc) is 2.38. The highest BCUT2D eigenvalue weighted by atomic mass is 19.1. The van der Waals surface area contributed by atoms with Crippen molar-refractivity contribution < 1.29 is 13.7 Å². The number of nitro groups is 1. The first-order chi connectivity index (χ1) is 9.88. The van der Waals surface area contributed by atoms with Gasteiger partial charge in [-0.05, 0) is 25.1 Å². The number of nitrogens with zero attached hydrogens (tertiary/aromatic N) is 3. The van der Waals surface area contributed by atoms with Gasteiger partial charge in [0.2, 0.25) is 11.8 Å². The molecule has 0 unspecified atom stereocenters. The lowest BCUT2D eigenvalue weighted by Crippen LogP contribution is -2.10. The molecule has 2 rings (SSSR count). The van der Waals surface area contributed by atoms with Crippen molar-refractivity contribution in [2.45, 2.75) is 13.5 Å². The number of nitrogens with one attached hydrogen (secondary N) is 1. The van der Waals surface area contributed by atoms with E-state index >= 15 is 0 Å². The zero-order chi connectivity index (χ0) is 15.6.